The molecule has 0 atom stereocenters. The smallest absolute Gasteiger partial charge is 0.417 e. The van der Waals surface area contributed by atoms with Crippen molar-refractivity contribution in [3.8, 4) is 11.8 Å². The van der Waals surface area contributed by atoms with Gasteiger partial charge in [-0.05, 0) is 54.1 Å². The standard InChI is InChI=1S/C26H23F3N4O3/c1-17(34)33(21-10-9-18(15-30)23(14-21)26(27,28)29)25(35)32(2)16-19-13-22(36-3)11-12-24(19)31-20-7-5-4-6-8-20/h4-14,31H,16H2,1-3H3. The number of ether oxygens (including phenoxy) is 1. The molecule has 7 nitrogen and oxygen atoms in total. The molecular formula is C26H23F3N4O3. The maximum absolute atomic E-state index is 13.5. The van der Waals surface area contributed by atoms with Gasteiger partial charge in [0, 0.05) is 31.9 Å². The molecule has 0 fully saturated rings. The third-order valence-electron chi connectivity index (χ3n) is 5.29. The minimum Gasteiger partial charge on any atom is -0.497 e. The van der Waals surface area contributed by atoms with Crippen LogP contribution < -0.4 is 15.0 Å². The van der Waals surface area contributed by atoms with E-state index in [1.165, 1.54) is 25.1 Å². The first-order valence-corrected chi connectivity index (χ1v) is 10.7. The number of hydrogen-bond donors (Lipinski definition) is 1. The number of methoxy groups -OCH3 is 1. The Labute approximate surface area is 206 Å². The highest BCUT2D eigenvalue weighted by atomic mass is 19.4. The molecule has 3 aromatic rings. The van der Waals surface area contributed by atoms with E-state index in [2.05, 4.69) is 5.32 Å². The first-order chi connectivity index (χ1) is 17.0. The molecule has 0 unspecified atom stereocenters. The minimum atomic E-state index is -4.84. The predicted octanol–water partition coefficient (Wildman–Crippen LogP) is 5.93. The molecule has 3 rings (SSSR count). The summed E-state index contributed by atoms with van der Waals surface area (Å²) in [6.07, 6.45) is -4.84. The number of nitrogens with zero attached hydrogens (tertiary/aromatic N) is 3. The van der Waals surface area contributed by atoms with Gasteiger partial charge in [-0.2, -0.15) is 18.4 Å². The van der Waals surface area contributed by atoms with Crippen LogP contribution in [0.1, 0.15) is 23.6 Å². The van der Waals surface area contributed by atoms with Crippen LogP contribution in [0.15, 0.2) is 66.7 Å². The lowest BCUT2D eigenvalue weighted by atomic mass is 10.1. The fraction of sp³-hybridized carbons (Fsp3) is 0.192. The number of carbonyl (C=O) groups excluding carboxylic acids is 2. The highest BCUT2D eigenvalue weighted by Crippen LogP contribution is 2.35. The van der Waals surface area contributed by atoms with Crippen molar-refractivity contribution in [3.05, 3.63) is 83.4 Å². The maximum Gasteiger partial charge on any atom is 0.417 e. The molecule has 0 aliphatic carbocycles. The minimum absolute atomic E-state index is 0.0113. The quantitative estimate of drug-likeness (QED) is 0.457. The summed E-state index contributed by atoms with van der Waals surface area (Å²) in [5, 5.41) is 12.3. The molecule has 3 amide bonds. The second-order valence-electron chi connectivity index (χ2n) is 7.85. The summed E-state index contributed by atoms with van der Waals surface area (Å²) in [5.41, 5.74) is -0.00324. The second-order valence-corrected chi connectivity index (χ2v) is 7.85. The van der Waals surface area contributed by atoms with Gasteiger partial charge in [0.15, 0.2) is 0 Å². The van der Waals surface area contributed by atoms with Crippen LogP contribution in [0.5, 0.6) is 5.75 Å². The summed E-state index contributed by atoms with van der Waals surface area (Å²) >= 11 is 0. The van der Waals surface area contributed by atoms with Crippen LogP contribution in [0.3, 0.4) is 0 Å². The lowest BCUT2D eigenvalue weighted by Gasteiger charge is -2.27. The number of benzene rings is 3. The van der Waals surface area contributed by atoms with Crippen molar-refractivity contribution in [1.82, 2.24) is 4.90 Å². The first kappa shape index (κ1) is 26.1. The number of rotatable bonds is 6. The van der Waals surface area contributed by atoms with Crippen molar-refractivity contribution in [2.75, 3.05) is 24.4 Å². The van der Waals surface area contributed by atoms with Crippen LogP contribution in [0.4, 0.5) is 35.0 Å². The van der Waals surface area contributed by atoms with Crippen molar-refractivity contribution < 1.29 is 27.5 Å². The topological polar surface area (TPSA) is 85.7 Å². The Morgan fingerprint density at radius 1 is 1.06 bits per heavy atom. The molecule has 0 saturated carbocycles. The van der Waals surface area contributed by atoms with Crippen molar-refractivity contribution >= 4 is 29.0 Å². The third-order valence-corrected chi connectivity index (χ3v) is 5.29. The molecule has 0 aliphatic heterocycles. The number of hydrogen-bond acceptors (Lipinski definition) is 5. The Morgan fingerprint density at radius 2 is 1.75 bits per heavy atom. The van der Waals surface area contributed by atoms with Crippen LogP contribution in [0.2, 0.25) is 0 Å². The number of alkyl halides is 3. The number of amides is 3. The third kappa shape index (κ3) is 5.93. The normalized spacial score (nSPS) is 10.8. The summed E-state index contributed by atoms with van der Waals surface area (Å²) in [6.45, 7) is 1.09. The predicted molar refractivity (Wildman–Crippen MR) is 129 cm³/mol. The van der Waals surface area contributed by atoms with Gasteiger partial charge in [-0.3, -0.25) is 4.79 Å². The number of nitrogens with one attached hydrogen (secondary N) is 1. The Bertz CT molecular complexity index is 1300. The molecule has 3 aromatic carbocycles. The van der Waals surface area contributed by atoms with Gasteiger partial charge in [-0.1, -0.05) is 18.2 Å². The van der Waals surface area contributed by atoms with E-state index >= 15 is 0 Å². The van der Waals surface area contributed by atoms with E-state index in [-0.39, 0.29) is 12.2 Å². The molecule has 0 bridgehead atoms. The molecule has 36 heavy (non-hydrogen) atoms. The van der Waals surface area contributed by atoms with Crippen LogP contribution in [-0.2, 0) is 17.5 Å². The maximum atomic E-state index is 13.5. The van der Waals surface area contributed by atoms with E-state index in [0.29, 0.717) is 28.0 Å². The van der Waals surface area contributed by atoms with Crippen LogP contribution in [0.25, 0.3) is 0 Å². The van der Waals surface area contributed by atoms with Crippen LogP contribution in [-0.4, -0.2) is 31.0 Å². The van der Waals surface area contributed by atoms with Gasteiger partial charge in [0.05, 0.1) is 30.0 Å². The number of anilines is 3. The lowest BCUT2D eigenvalue weighted by molar-refractivity contribution is -0.137. The molecule has 0 saturated heterocycles. The van der Waals surface area contributed by atoms with Crippen molar-refractivity contribution in [2.45, 2.75) is 19.6 Å². The number of imide groups is 1. The van der Waals surface area contributed by atoms with Gasteiger partial charge in [0.1, 0.15) is 5.75 Å². The number of halogens is 3. The highest BCUT2D eigenvalue weighted by Gasteiger charge is 2.35. The second kappa shape index (κ2) is 10.8. The van der Waals surface area contributed by atoms with E-state index in [9.17, 15) is 22.8 Å². The summed E-state index contributed by atoms with van der Waals surface area (Å²) in [4.78, 5) is 27.5. The van der Waals surface area contributed by atoms with Gasteiger partial charge >= 0.3 is 12.2 Å². The number of para-hydroxylation sites is 1. The van der Waals surface area contributed by atoms with Crippen LogP contribution in [0, 0.1) is 11.3 Å². The molecule has 186 valence electrons. The molecule has 0 aliphatic rings. The Hall–Kier alpha value is -4.52. The zero-order valence-corrected chi connectivity index (χ0v) is 19.8. The van der Waals surface area contributed by atoms with Gasteiger partial charge in [-0.15, -0.1) is 0 Å². The number of nitriles is 1. The van der Waals surface area contributed by atoms with Gasteiger partial charge in [-0.25, -0.2) is 9.69 Å². The average molecular weight is 496 g/mol. The van der Waals surface area contributed by atoms with Crippen molar-refractivity contribution in [2.24, 2.45) is 0 Å². The van der Waals surface area contributed by atoms with Gasteiger partial charge in [0.25, 0.3) is 0 Å². The van der Waals surface area contributed by atoms with E-state index < -0.39 is 29.2 Å². The summed E-state index contributed by atoms with van der Waals surface area (Å²) in [5.74, 6) is -0.243. The molecule has 0 heterocycles. The van der Waals surface area contributed by atoms with E-state index in [4.69, 9.17) is 10.00 Å². The molecule has 0 spiro atoms. The molecule has 1 N–H and O–H groups in total. The SMILES string of the molecule is COc1ccc(Nc2ccccc2)c(CN(C)C(=O)N(C(C)=O)c2ccc(C#N)c(C(F)(F)F)c2)c1. The molecule has 10 heteroatoms. The van der Waals surface area contributed by atoms with E-state index in [1.54, 1.807) is 18.2 Å². The van der Waals surface area contributed by atoms with Crippen LogP contribution >= 0.6 is 0 Å². The fourth-order valence-corrected chi connectivity index (χ4v) is 3.55. The fourth-order valence-electron chi connectivity index (χ4n) is 3.55. The summed E-state index contributed by atoms with van der Waals surface area (Å²) in [7, 11) is 2.93. The Balaban J connectivity index is 1.94. The largest absolute Gasteiger partial charge is 0.497 e. The highest BCUT2D eigenvalue weighted by molar-refractivity contribution is 6.13. The Morgan fingerprint density at radius 3 is 2.33 bits per heavy atom. The molecular weight excluding hydrogens is 473 g/mol. The van der Waals surface area contributed by atoms with E-state index in [1.807, 2.05) is 30.3 Å². The summed E-state index contributed by atoms with van der Waals surface area (Å²) < 4.78 is 45.7. The lowest BCUT2D eigenvalue weighted by Crippen LogP contribution is -2.43. The van der Waals surface area contributed by atoms with Crippen molar-refractivity contribution in [3.63, 3.8) is 0 Å². The monoisotopic (exact) mass is 496 g/mol. The Kier molecular flexibility index (Phi) is 7.84. The summed E-state index contributed by atoms with van der Waals surface area (Å²) in [6, 6.07) is 17.9. The van der Waals surface area contributed by atoms with E-state index in [0.717, 1.165) is 24.7 Å². The zero-order chi connectivity index (χ0) is 26.5. The van der Waals surface area contributed by atoms with Crippen molar-refractivity contribution in [1.29, 1.82) is 5.26 Å². The number of carbonyl (C=O) groups is 2. The first-order valence-electron chi connectivity index (χ1n) is 10.7. The van der Waals surface area contributed by atoms with Gasteiger partial charge < -0.3 is 15.0 Å². The number of urea groups is 1. The zero-order valence-electron chi connectivity index (χ0n) is 19.8. The average Bonchev–Trinajstić information content (AvgIpc) is 2.84. The molecule has 0 aromatic heterocycles. The van der Waals surface area contributed by atoms with Gasteiger partial charge in [0.2, 0.25) is 5.91 Å². The molecule has 0 radical (unpaired) electrons.